The number of H-pyrrole nitrogens is 1. The Labute approximate surface area is 158 Å². The molecular formula is C21H25N5O. The van der Waals surface area contributed by atoms with Crippen LogP contribution in [0.4, 0.5) is 0 Å². The second kappa shape index (κ2) is 7.04. The molecule has 2 aromatic heterocycles. The van der Waals surface area contributed by atoms with E-state index in [1.54, 1.807) is 4.68 Å². The Morgan fingerprint density at radius 3 is 3.04 bits per heavy atom. The molecule has 1 fully saturated rings. The highest BCUT2D eigenvalue weighted by Gasteiger charge is 2.25. The lowest BCUT2D eigenvalue weighted by atomic mass is 9.87. The number of carbonyl (C=O) groups is 1. The zero-order valence-electron chi connectivity index (χ0n) is 15.6. The van der Waals surface area contributed by atoms with Gasteiger partial charge in [0.25, 0.3) is 0 Å². The van der Waals surface area contributed by atoms with Crippen molar-refractivity contribution < 1.29 is 4.79 Å². The van der Waals surface area contributed by atoms with E-state index in [1.807, 2.05) is 24.3 Å². The topological polar surface area (TPSA) is 79.9 Å². The molecule has 1 aliphatic rings. The summed E-state index contributed by atoms with van der Waals surface area (Å²) in [5, 5.41) is 5.46. The number of hydrogen-bond acceptors (Lipinski definition) is 3. The van der Waals surface area contributed by atoms with Crippen LogP contribution in [0.25, 0.3) is 22.2 Å². The third-order valence-electron chi connectivity index (χ3n) is 5.50. The Morgan fingerprint density at radius 1 is 1.48 bits per heavy atom. The van der Waals surface area contributed by atoms with Crippen LogP contribution in [0.3, 0.4) is 0 Å². The fraction of sp³-hybridized carbons (Fsp3) is 0.333. The molecule has 27 heavy (non-hydrogen) atoms. The number of nitrogens with zero attached hydrogens (tertiary/aromatic N) is 3. The third-order valence-corrected chi connectivity index (χ3v) is 5.50. The molecule has 0 saturated carbocycles. The molecule has 3 N–H and O–H groups in total. The van der Waals surface area contributed by atoms with Gasteiger partial charge in [-0.15, -0.1) is 0 Å². The van der Waals surface area contributed by atoms with Crippen LogP contribution in [0.2, 0.25) is 0 Å². The van der Waals surface area contributed by atoms with Crippen LogP contribution >= 0.6 is 0 Å². The van der Waals surface area contributed by atoms with Crippen molar-refractivity contribution in [1.29, 1.82) is 0 Å². The largest absolute Gasteiger partial charge is 0.354 e. The molecule has 1 unspecified atom stereocenters. The maximum absolute atomic E-state index is 12.1. The summed E-state index contributed by atoms with van der Waals surface area (Å²) in [4.78, 5) is 17.5. The molecule has 6 nitrogen and oxygen atoms in total. The first-order chi connectivity index (χ1) is 13.1. The van der Waals surface area contributed by atoms with Gasteiger partial charge in [-0.1, -0.05) is 18.7 Å². The molecule has 0 bridgehead atoms. The van der Waals surface area contributed by atoms with E-state index in [9.17, 15) is 4.79 Å². The number of rotatable bonds is 4. The van der Waals surface area contributed by atoms with Crippen LogP contribution in [0.5, 0.6) is 0 Å². The monoisotopic (exact) mass is 363 g/mol. The number of aromatic amines is 1. The highest BCUT2D eigenvalue weighted by atomic mass is 16.2. The average molecular weight is 363 g/mol. The smallest absolute Gasteiger partial charge is 0.245 e. The van der Waals surface area contributed by atoms with Gasteiger partial charge in [0, 0.05) is 55.4 Å². The molecule has 3 aromatic rings. The van der Waals surface area contributed by atoms with E-state index in [-0.39, 0.29) is 5.91 Å². The predicted octanol–water partition coefficient (Wildman–Crippen LogP) is 2.92. The number of fused-ring (bicyclic) bond motifs is 1. The number of piperidine rings is 1. The minimum atomic E-state index is 0.0136. The quantitative estimate of drug-likeness (QED) is 0.700. The van der Waals surface area contributed by atoms with Crippen LogP contribution in [0, 0.1) is 0 Å². The number of aryl methyl sites for hydroxylation is 1. The van der Waals surface area contributed by atoms with Gasteiger partial charge in [0.1, 0.15) is 0 Å². The van der Waals surface area contributed by atoms with Gasteiger partial charge in [-0.25, -0.2) is 0 Å². The Balaban J connectivity index is 1.77. The predicted molar refractivity (Wildman–Crippen MR) is 107 cm³/mol. The molecule has 0 spiro atoms. The molecule has 4 rings (SSSR count). The zero-order chi connectivity index (χ0) is 19.0. The zero-order valence-corrected chi connectivity index (χ0v) is 15.6. The summed E-state index contributed by atoms with van der Waals surface area (Å²) in [6.45, 7) is 5.65. The van der Waals surface area contributed by atoms with E-state index >= 15 is 0 Å². The standard InChI is InChI=1S/C21H25N5O/c1-3-20(27)26-8-4-5-15(13-26)17-7-6-14(10-22)21-18(17)9-19(24-21)16-11-23-25(2)12-16/h3,6-7,9,11-12,15,24H,1,4-5,8,10,13,22H2,2H3. The van der Waals surface area contributed by atoms with E-state index < -0.39 is 0 Å². The first-order valence-electron chi connectivity index (χ1n) is 9.35. The highest BCUT2D eigenvalue weighted by Crippen LogP contribution is 2.36. The van der Waals surface area contributed by atoms with Gasteiger partial charge >= 0.3 is 0 Å². The Hall–Kier alpha value is -2.86. The summed E-state index contributed by atoms with van der Waals surface area (Å²) in [6.07, 6.45) is 7.34. The minimum Gasteiger partial charge on any atom is -0.354 e. The first-order valence-corrected chi connectivity index (χ1v) is 9.35. The van der Waals surface area contributed by atoms with Crippen molar-refractivity contribution in [3.05, 3.63) is 54.4 Å². The maximum Gasteiger partial charge on any atom is 0.245 e. The number of hydrogen-bond donors (Lipinski definition) is 2. The van der Waals surface area contributed by atoms with Gasteiger partial charge in [0.15, 0.2) is 0 Å². The van der Waals surface area contributed by atoms with Gasteiger partial charge in [-0.05, 0) is 36.1 Å². The fourth-order valence-electron chi connectivity index (χ4n) is 4.10. The molecular weight excluding hydrogens is 338 g/mol. The van der Waals surface area contributed by atoms with Crippen LogP contribution in [0.15, 0.2) is 43.2 Å². The number of benzene rings is 1. The van der Waals surface area contributed by atoms with E-state index in [0.29, 0.717) is 12.5 Å². The summed E-state index contributed by atoms with van der Waals surface area (Å²) in [5.74, 6) is 0.328. The Bertz CT molecular complexity index is 999. The van der Waals surface area contributed by atoms with Gasteiger partial charge in [0.2, 0.25) is 5.91 Å². The third kappa shape index (κ3) is 3.17. The van der Waals surface area contributed by atoms with Crippen molar-refractivity contribution in [3.8, 4) is 11.3 Å². The van der Waals surface area contributed by atoms with Crippen LogP contribution < -0.4 is 5.73 Å². The average Bonchev–Trinajstić information content (AvgIpc) is 3.33. The lowest BCUT2D eigenvalue weighted by molar-refractivity contribution is -0.127. The molecule has 1 amide bonds. The second-order valence-corrected chi connectivity index (χ2v) is 7.22. The van der Waals surface area contributed by atoms with Gasteiger partial charge < -0.3 is 15.6 Å². The normalized spacial score (nSPS) is 17.4. The van der Waals surface area contributed by atoms with Crippen molar-refractivity contribution in [2.45, 2.75) is 25.3 Å². The molecule has 0 aliphatic carbocycles. The summed E-state index contributed by atoms with van der Waals surface area (Å²) in [6, 6.07) is 6.47. The number of nitrogens with two attached hydrogens (primary N) is 1. The molecule has 140 valence electrons. The van der Waals surface area contributed by atoms with Crippen molar-refractivity contribution in [1.82, 2.24) is 19.7 Å². The first kappa shape index (κ1) is 17.5. The highest BCUT2D eigenvalue weighted by molar-refractivity contribution is 5.91. The van der Waals surface area contributed by atoms with Gasteiger partial charge in [-0.2, -0.15) is 5.10 Å². The van der Waals surface area contributed by atoms with Crippen molar-refractivity contribution in [2.75, 3.05) is 13.1 Å². The van der Waals surface area contributed by atoms with Crippen LogP contribution in [0.1, 0.15) is 29.9 Å². The SMILES string of the molecule is C=CC(=O)N1CCCC(c2ccc(CN)c3[nH]c(-c4cnn(C)c4)cc23)C1. The van der Waals surface area contributed by atoms with E-state index in [2.05, 4.69) is 34.9 Å². The van der Waals surface area contributed by atoms with Crippen molar-refractivity contribution in [3.63, 3.8) is 0 Å². The number of amides is 1. The van der Waals surface area contributed by atoms with Crippen LogP contribution in [-0.2, 0) is 18.4 Å². The van der Waals surface area contributed by atoms with Crippen molar-refractivity contribution >= 4 is 16.8 Å². The van der Waals surface area contributed by atoms with Crippen LogP contribution in [-0.4, -0.2) is 38.7 Å². The van der Waals surface area contributed by atoms with E-state index in [1.165, 1.54) is 17.0 Å². The van der Waals surface area contributed by atoms with E-state index in [0.717, 1.165) is 48.3 Å². The molecule has 1 saturated heterocycles. The second-order valence-electron chi connectivity index (χ2n) is 7.22. The van der Waals surface area contributed by atoms with Gasteiger partial charge in [0.05, 0.1) is 11.7 Å². The number of carbonyl (C=O) groups excluding carboxylic acids is 1. The molecule has 6 heteroatoms. The lowest BCUT2D eigenvalue weighted by Crippen LogP contribution is -2.38. The van der Waals surface area contributed by atoms with E-state index in [4.69, 9.17) is 5.73 Å². The minimum absolute atomic E-state index is 0.0136. The number of nitrogens with one attached hydrogen (secondary N) is 1. The summed E-state index contributed by atoms with van der Waals surface area (Å²) >= 11 is 0. The van der Waals surface area contributed by atoms with Crippen molar-refractivity contribution in [2.24, 2.45) is 12.8 Å². The molecule has 1 aromatic carbocycles. The summed E-state index contributed by atoms with van der Waals surface area (Å²) in [7, 11) is 1.91. The Morgan fingerprint density at radius 2 is 2.33 bits per heavy atom. The number of aromatic nitrogens is 3. The molecule has 1 atom stereocenters. The molecule has 0 radical (unpaired) electrons. The fourth-order valence-corrected chi connectivity index (χ4v) is 4.10. The Kier molecular flexibility index (Phi) is 4.58. The van der Waals surface area contributed by atoms with Gasteiger partial charge in [-0.3, -0.25) is 9.48 Å². The molecule has 1 aliphatic heterocycles. The lowest BCUT2D eigenvalue weighted by Gasteiger charge is -2.32. The molecule has 3 heterocycles. The number of likely N-dealkylation sites (tertiary alicyclic amines) is 1. The summed E-state index contributed by atoms with van der Waals surface area (Å²) < 4.78 is 1.80. The maximum atomic E-state index is 12.1. The summed E-state index contributed by atoms with van der Waals surface area (Å²) in [5.41, 5.74) is 11.5.